The number of rotatable bonds is 8. The molecule has 0 radical (unpaired) electrons. The summed E-state index contributed by atoms with van der Waals surface area (Å²) in [6.07, 6.45) is -10.6. The number of alkyl halides is 12. The maximum atomic E-state index is 14.6. The van der Waals surface area contributed by atoms with Gasteiger partial charge in [0, 0.05) is 36.9 Å². The first-order chi connectivity index (χ1) is 32.1. The standard InChI is InChI=1S/C53H45F12NP2/c1-31-22-36-30-67(29-35-21-20-32-12-8-9-18-44(32)46(35)47(36)45-19-11-10-17-43(31)45)49(34-15-6-3-7-16-34)48(33-13-4-2-5-14-33)66-68(41-25-37(50(54,55)56)23-38(26-41)51(57,58)59)42-27-39(52(60,61)62)24-40(28-42)53(63,64)65/h2-7,10-17,19-21,23-27,31,42,44,48-49,66H,8-9,18,22,28-30H2,1H3/t31?,42?,44?,48-,49-,67?,68?/m0/s1. The number of benzene rings is 4. The van der Waals surface area contributed by atoms with Crippen molar-refractivity contribution in [3.05, 3.63) is 200 Å². The fourth-order valence-electron chi connectivity index (χ4n) is 10.7. The molecule has 15 heteroatoms. The van der Waals surface area contributed by atoms with Crippen molar-refractivity contribution in [2.75, 3.05) is 12.3 Å². The van der Waals surface area contributed by atoms with E-state index in [-0.39, 0.29) is 24.0 Å². The molecule has 356 valence electrons. The molecule has 0 fully saturated rings. The van der Waals surface area contributed by atoms with E-state index in [4.69, 9.17) is 0 Å². The number of fused-ring (bicyclic) bond motifs is 5. The lowest BCUT2D eigenvalue weighted by atomic mass is 9.69. The smallest absolute Gasteiger partial charge is 0.283 e. The SMILES string of the molecule is CC1CC2=C(C3=C(C=CC4=CCCCC43)CP([C@@H](c3ccccc3)[C@@H](NP(c3cc(C(F)(F)F)cc(C(F)(F)F)c3)C3C=C(C(F)(F)F)C=C(C(F)(F)F)C3)c3ccccc3)C2)c2ccccc21. The molecule has 4 aromatic rings. The zero-order valence-electron chi connectivity index (χ0n) is 36.5. The average molecular weight is 986 g/mol. The molecule has 0 bridgehead atoms. The van der Waals surface area contributed by atoms with E-state index in [1.165, 1.54) is 27.9 Å². The van der Waals surface area contributed by atoms with E-state index in [1.54, 1.807) is 36.4 Å². The Morgan fingerprint density at radius 3 is 1.94 bits per heavy atom. The summed E-state index contributed by atoms with van der Waals surface area (Å²) in [6, 6.07) is 25.9. The van der Waals surface area contributed by atoms with Gasteiger partial charge >= 0.3 is 24.7 Å². The number of hydrogen-bond donors (Lipinski definition) is 1. The van der Waals surface area contributed by atoms with E-state index in [1.807, 2.05) is 36.4 Å². The monoisotopic (exact) mass is 985 g/mol. The van der Waals surface area contributed by atoms with E-state index in [0.29, 0.717) is 36.1 Å². The van der Waals surface area contributed by atoms with Gasteiger partial charge in [-0.15, -0.1) is 0 Å². The van der Waals surface area contributed by atoms with Gasteiger partial charge < -0.3 is 0 Å². The van der Waals surface area contributed by atoms with Crippen molar-refractivity contribution in [1.29, 1.82) is 0 Å². The molecule has 0 saturated carbocycles. The van der Waals surface area contributed by atoms with Crippen LogP contribution in [0.4, 0.5) is 52.7 Å². The van der Waals surface area contributed by atoms with Crippen molar-refractivity contribution < 1.29 is 52.7 Å². The minimum Gasteiger partial charge on any atom is -0.283 e. The lowest BCUT2D eigenvalue weighted by Crippen LogP contribution is -2.34. The van der Waals surface area contributed by atoms with E-state index in [9.17, 15) is 52.7 Å². The third-order valence-electron chi connectivity index (χ3n) is 13.6. The highest BCUT2D eigenvalue weighted by atomic mass is 31.1. The van der Waals surface area contributed by atoms with Crippen LogP contribution in [0.3, 0.4) is 0 Å². The van der Waals surface area contributed by atoms with Crippen molar-refractivity contribution in [1.82, 2.24) is 5.09 Å². The molecule has 7 atom stereocenters. The summed E-state index contributed by atoms with van der Waals surface area (Å²) in [5, 5.41) is 2.68. The zero-order valence-corrected chi connectivity index (χ0v) is 38.3. The van der Waals surface area contributed by atoms with Crippen LogP contribution in [0.1, 0.15) is 90.0 Å². The second kappa shape index (κ2) is 18.6. The predicted molar refractivity (Wildman–Crippen MR) is 246 cm³/mol. The molecule has 0 saturated heterocycles. The second-order valence-electron chi connectivity index (χ2n) is 18.1. The molecule has 5 unspecified atom stereocenters. The first-order valence-corrected chi connectivity index (χ1v) is 25.5. The highest BCUT2D eigenvalue weighted by molar-refractivity contribution is 7.64. The molecular formula is C53H45F12NP2. The molecule has 4 aliphatic carbocycles. The Morgan fingerprint density at radius 2 is 1.31 bits per heavy atom. The average Bonchev–Trinajstić information content (AvgIpc) is 3.46. The molecule has 9 rings (SSSR count). The summed E-state index contributed by atoms with van der Waals surface area (Å²) >= 11 is 0. The van der Waals surface area contributed by atoms with Gasteiger partial charge in [-0.2, -0.15) is 52.7 Å². The number of hydrogen-bond acceptors (Lipinski definition) is 1. The van der Waals surface area contributed by atoms with Crippen LogP contribution >= 0.6 is 16.0 Å². The summed E-state index contributed by atoms with van der Waals surface area (Å²) < 4.78 is 176. The lowest BCUT2D eigenvalue weighted by molar-refractivity contribution is -0.143. The predicted octanol–water partition coefficient (Wildman–Crippen LogP) is 16.6. The maximum absolute atomic E-state index is 14.6. The van der Waals surface area contributed by atoms with Crippen LogP contribution in [-0.4, -0.2) is 30.3 Å². The van der Waals surface area contributed by atoms with Gasteiger partial charge in [-0.3, -0.25) is 5.09 Å². The Kier molecular flexibility index (Phi) is 13.2. The fourth-order valence-corrected chi connectivity index (χ4v) is 16.6. The summed E-state index contributed by atoms with van der Waals surface area (Å²) in [5.41, 5.74) is 0.471. The molecule has 4 aromatic carbocycles. The van der Waals surface area contributed by atoms with Crippen molar-refractivity contribution >= 4 is 26.9 Å². The third-order valence-corrected chi connectivity index (χ3v) is 18.9. The topological polar surface area (TPSA) is 12.0 Å². The Bertz CT molecular complexity index is 2710. The fraction of sp³-hybridized carbons (Fsp3) is 0.321. The molecule has 5 aliphatic rings. The van der Waals surface area contributed by atoms with Gasteiger partial charge in [0.1, 0.15) is 0 Å². The van der Waals surface area contributed by atoms with Gasteiger partial charge in [-0.1, -0.05) is 130 Å². The van der Waals surface area contributed by atoms with Crippen LogP contribution in [0.2, 0.25) is 0 Å². The van der Waals surface area contributed by atoms with Gasteiger partial charge in [-0.05, 0) is 124 Å². The van der Waals surface area contributed by atoms with Gasteiger partial charge in [0.25, 0.3) is 0 Å². The van der Waals surface area contributed by atoms with E-state index < -0.39 is 92.1 Å². The molecule has 0 spiro atoms. The molecule has 68 heavy (non-hydrogen) atoms. The molecule has 0 amide bonds. The molecule has 1 heterocycles. The largest absolute Gasteiger partial charge is 0.416 e. The number of halogens is 12. The van der Waals surface area contributed by atoms with Crippen LogP contribution in [0.5, 0.6) is 0 Å². The molecular weight excluding hydrogens is 941 g/mol. The Morgan fingerprint density at radius 1 is 0.676 bits per heavy atom. The van der Waals surface area contributed by atoms with Gasteiger partial charge in [-0.25, -0.2) is 0 Å². The molecule has 1 nitrogen and oxygen atoms in total. The first-order valence-electron chi connectivity index (χ1n) is 22.3. The quantitative estimate of drug-likeness (QED) is 0.137. The normalized spacial score (nSPS) is 23.5. The van der Waals surface area contributed by atoms with Gasteiger partial charge in [0.15, 0.2) is 0 Å². The van der Waals surface area contributed by atoms with Crippen LogP contribution in [0.25, 0.3) is 5.57 Å². The molecule has 0 aromatic heterocycles. The summed E-state index contributed by atoms with van der Waals surface area (Å²) in [5.74, 6) is 0.257. The maximum Gasteiger partial charge on any atom is 0.416 e. The summed E-state index contributed by atoms with van der Waals surface area (Å²) in [6.45, 7) is 2.18. The Labute approximate surface area is 389 Å². The summed E-state index contributed by atoms with van der Waals surface area (Å²) in [7, 11) is -4.27. The van der Waals surface area contributed by atoms with Crippen molar-refractivity contribution in [2.45, 2.75) is 87.0 Å². The highest BCUT2D eigenvalue weighted by Gasteiger charge is 2.47. The Hall–Kier alpha value is -4.70. The highest BCUT2D eigenvalue weighted by Crippen LogP contribution is 2.65. The third kappa shape index (κ3) is 9.87. The van der Waals surface area contributed by atoms with Crippen molar-refractivity contribution in [2.24, 2.45) is 5.92 Å². The molecule has 1 N–H and O–H groups in total. The molecule has 1 aliphatic heterocycles. The van der Waals surface area contributed by atoms with E-state index >= 15 is 0 Å². The van der Waals surface area contributed by atoms with E-state index in [0.717, 1.165) is 42.4 Å². The van der Waals surface area contributed by atoms with Crippen LogP contribution in [-0.2, 0) is 12.4 Å². The van der Waals surface area contributed by atoms with Crippen molar-refractivity contribution in [3.63, 3.8) is 0 Å². The summed E-state index contributed by atoms with van der Waals surface area (Å²) in [4.78, 5) is 0. The first kappa shape index (κ1) is 48.3. The number of allylic oxidation sites excluding steroid dienone is 12. The van der Waals surface area contributed by atoms with Gasteiger partial charge in [0.05, 0.1) is 16.7 Å². The minimum atomic E-state index is -5.35. The van der Waals surface area contributed by atoms with Crippen LogP contribution in [0.15, 0.2) is 167 Å². The lowest BCUT2D eigenvalue weighted by Gasteiger charge is -2.41. The minimum absolute atomic E-state index is 0.0297. The van der Waals surface area contributed by atoms with Crippen LogP contribution in [0, 0.1) is 5.92 Å². The van der Waals surface area contributed by atoms with Crippen molar-refractivity contribution in [3.8, 4) is 0 Å². The van der Waals surface area contributed by atoms with Gasteiger partial charge in [0.2, 0.25) is 0 Å². The van der Waals surface area contributed by atoms with E-state index in [2.05, 4.69) is 42.4 Å². The zero-order chi connectivity index (χ0) is 48.3. The second-order valence-corrected chi connectivity index (χ2v) is 22.6. The van der Waals surface area contributed by atoms with Crippen LogP contribution < -0.4 is 10.4 Å². The Balaban J connectivity index is 1.28. The number of nitrogens with one attached hydrogen (secondary N) is 1.